The molecule has 1 aliphatic heterocycles. The highest BCUT2D eigenvalue weighted by Crippen LogP contribution is 2.21. The Hall–Kier alpha value is -2.38. The highest BCUT2D eigenvalue weighted by molar-refractivity contribution is 5.93. The first-order chi connectivity index (χ1) is 14.3. The number of allylic oxidation sites excluding steroid dienone is 1. The van der Waals surface area contributed by atoms with Crippen molar-refractivity contribution in [1.82, 2.24) is 4.90 Å². The summed E-state index contributed by atoms with van der Waals surface area (Å²) in [6.45, 7) is 7.05. The minimum Gasteiger partial charge on any atom is -0.497 e. The number of rotatable bonds is 11. The van der Waals surface area contributed by atoms with Gasteiger partial charge in [-0.1, -0.05) is 37.6 Å². The van der Waals surface area contributed by atoms with Gasteiger partial charge >= 0.3 is 6.09 Å². The summed E-state index contributed by atoms with van der Waals surface area (Å²) in [6, 6.07) is 7.45. The van der Waals surface area contributed by atoms with E-state index in [0.29, 0.717) is 26.1 Å². The molecule has 1 aliphatic rings. The zero-order valence-corrected chi connectivity index (χ0v) is 18.3. The van der Waals surface area contributed by atoms with Crippen molar-refractivity contribution in [1.29, 1.82) is 0 Å². The Morgan fingerprint density at radius 2 is 2.03 bits per heavy atom. The van der Waals surface area contributed by atoms with Crippen LogP contribution in [0.2, 0.25) is 0 Å². The molecule has 0 aliphatic carbocycles. The van der Waals surface area contributed by atoms with Crippen molar-refractivity contribution >= 4 is 12.0 Å². The molecule has 0 radical (unpaired) electrons. The van der Waals surface area contributed by atoms with Crippen LogP contribution < -0.4 is 4.74 Å². The van der Waals surface area contributed by atoms with Gasteiger partial charge in [0, 0.05) is 0 Å². The van der Waals surface area contributed by atoms with Crippen LogP contribution in [0.15, 0.2) is 35.9 Å². The fraction of sp³-hybridized carbons (Fsp3) is 0.565. The largest absolute Gasteiger partial charge is 0.497 e. The van der Waals surface area contributed by atoms with E-state index in [2.05, 4.69) is 0 Å². The maximum absolute atomic E-state index is 12.4. The Morgan fingerprint density at radius 3 is 2.67 bits per heavy atom. The molecule has 1 fully saturated rings. The van der Waals surface area contributed by atoms with E-state index in [1.165, 1.54) is 0 Å². The summed E-state index contributed by atoms with van der Waals surface area (Å²) in [5, 5.41) is 10.2. The minimum absolute atomic E-state index is 0.0838. The van der Waals surface area contributed by atoms with Gasteiger partial charge in [0.15, 0.2) is 0 Å². The lowest BCUT2D eigenvalue weighted by Crippen LogP contribution is -2.42. The molecule has 0 unspecified atom stereocenters. The second-order valence-electron chi connectivity index (χ2n) is 7.96. The normalized spacial score (nSPS) is 17.9. The predicted molar refractivity (Wildman–Crippen MR) is 113 cm³/mol. The molecule has 2 amide bonds. The van der Waals surface area contributed by atoms with E-state index in [1.807, 2.05) is 51.1 Å². The lowest BCUT2D eigenvalue weighted by atomic mass is 10.0. The maximum Gasteiger partial charge on any atom is 0.416 e. The smallest absolute Gasteiger partial charge is 0.416 e. The number of carbonyl (C=O) groups excluding carboxylic acids is 2. The van der Waals surface area contributed by atoms with Crippen molar-refractivity contribution in [2.45, 2.75) is 58.8 Å². The molecule has 0 spiro atoms. The van der Waals surface area contributed by atoms with Crippen molar-refractivity contribution in [3.05, 3.63) is 41.5 Å². The average molecular weight is 420 g/mol. The molecule has 0 bridgehead atoms. The van der Waals surface area contributed by atoms with Crippen molar-refractivity contribution in [2.75, 3.05) is 20.3 Å². The fourth-order valence-corrected chi connectivity index (χ4v) is 3.21. The van der Waals surface area contributed by atoms with Crippen LogP contribution in [0.4, 0.5) is 4.79 Å². The predicted octanol–water partition coefficient (Wildman–Crippen LogP) is 3.69. The summed E-state index contributed by atoms with van der Waals surface area (Å²) in [6.07, 6.45) is 1.57. The SMILES string of the molecule is COc1ccc(COCC=C(C)CC[C@@H](O)CC(=O)N2C(=O)OC[C@H]2C(C)C)cc1. The molecule has 1 aromatic rings. The number of amides is 2. The Morgan fingerprint density at radius 1 is 1.33 bits per heavy atom. The van der Waals surface area contributed by atoms with Gasteiger partial charge in [0.25, 0.3) is 0 Å². The number of imide groups is 1. The number of hydrogen-bond donors (Lipinski definition) is 1. The van der Waals surface area contributed by atoms with Crippen molar-refractivity contribution in [3.8, 4) is 5.75 Å². The number of cyclic esters (lactones) is 1. The molecule has 0 saturated carbocycles. The zero-order chi connectivity index (χ0) is 22.1. The van der Waals surface area contributed by atoms with Crippen LogP contribution in [0.5, 0.6) is 5.75 Å². The van der Waals surface area contributed by atoms with E-state index in [9.17, 15) is 14.7 Å². The van der Waals surface area contributed by atoms with Gasteiger partial charge in [0.1, 0.15) is 12.4 Å². The second-order valence-corrected chi connectivity index (χ2v) is 7.96. The number of hydrogen-bond acceptors (Lipinski definition) is 6. The number of methoxy groups -OCH3 is 1. The van der Waals surface area contributed by atoms with Crippen LogP contribution in [-0.2, 0) is 20.9 Å². The molecule has 7 heteroatoms. The third-order valence-electron chi connectivity index (χ3n) is 5.20. The molecule has 1 saturated heterocycles. The Kier molecular flexibility index (Phi) is 9.33. The third kappa shape index (κ3) is 7.15. The van der Waals surface area contributed by atoms with Crippen LogP contribution in [-0.4, -0.2) is 54.5 Å². The van der Waals surface area contributed by atoms with Gasteiger partial charge in [-0.2, -0.15) is 0 Å². The van der Waals surface area contributed by atoms with Crippen LogP contribution in [0, 0.1) is 5.92 Å². The monoisotopic (exact) mass is 419 g/mol. The minimum atomic E-state index is -0.803. The molecular formula is C23H33NO6. The van der Waals surface area contributed by atoms with Crippen molar-refractivity contribution < 1.29 is 28.9 Å². The second kappa shape index (κ2) is 11.7. The molecule has 1 aromatic carbocycles. The standard InChI is InChI=1S/C23H33NO6/c1-16(2)21-15-30-23(27)24(21)22(26)13-19(25)8-5-17(3)11-12-29-14-18-6-9-20(28-4)10-7-18/h6-7,9-11,16,19,21,25H,5,8,12-15H2,1-4H3/t19-,21+/m1/s1. The van der Waals surface area contributed by atoms with Crippen LogP contribution in [0.1, 0.15) is 45.6 Å². The Balaban J connectivity index is 1.69. The number of aliphatic hydroxyl groups is 1. The van der Waals surface area contributed by atoms with Crippen LogP contribution in [0.3, 0.4) is 0 Å². The first-order valence-electron chi connectivity index (χ1n) is 10.3. The number of aliphatic hydroxyl groups excluding tert-OH is 1. The summed E-state index contributed by atoms with van der Waals surface area (Å²) < 4.78 is 15.8. The number of benzene rings is 1. The lowest BCUT2D eigenvalue weighted by Gasteiger charge is -2.23. The van der Waals surface area contributed by atoms with Gasteiger partial charge in [-0.05, 0) is 43.4 Å². The molecule has 0 aromatic heterocycles. The summed E-state index contributed by atoms with van der Waals surface area (Å²) in [4.78, 5) is 25.4. The summed E-state index contributed by atoms with van der Waals surface area (Å²) >= 11 is 0. The molecule has 2 rings (SSSR count). The average Bonchev–Trinajstić information content (AvgIpc) is 3.12. The first-order valence-corrected chi connectivity index (χ1v) is 10.3. The van der Waals surface area contributed by atoms with Crippen LogP contribution >= 0.6 is 0 Å². The topological polar surface area (TPSA) is 85.3 Å². The van der Waals surface area contributed by atoms with E-state index in [4.69, 9.17) is 14.2 Å². The van der Waals surface area contributed by atoms with E-state index in [0.717, 1.165) is 21.8 Å². The van der Waals surface area contributed by atoms with Gasteiger partial charge in [0.2, 0.25) is 5.91 Å². The van der Waals surface area contributed by atoms with E-state index >= 15 is 0 Å². The van der Waals surface area contributed by atoms with Gasteiger partial charge in [0.05, 0.1) is 38.9 Å². The maximum atomic E-state index is 12.4. The summed E-state index contributed by atoms with van der Waals surface area (Å²) in [5.74, 6) is 0.543. The zero-order valence-electron chi connectivity index (χ0n) is 18.3. The Labute approximate surface area is 178 Å². The highest BCUT2D eigenvalue weighted by atomic mass is 16.6. The van der Waals surface area contributed by atoms with E-state index in [1.54, 1.807) is 7.11 Å². The first kappa shape index (κ1) is 23.9. The molecule has 30 heavy (non-hydrogen) atoms. The molecule has 166 valence electrons. The molecule has 7 nitrogen and oxygen atoms in total. The van der Waals surface area contributed by atoms with Crippen LogP contribution in [0.25, 0.3) is 0 Å². The van der Waals surface area contributed by atoms with Gasteiger partial charge < -0.3 is 19.3 Å². The third-order valence-corrected chi connectivity index (χ3v) is 5.20. The van der Waals surface area contributed by atoms with E-state index < -0.39 is 12.2 Å². The lowest BCUT2D eigenvalue weighted by molar-refractivity contribution is -0.131. The Bertz CT molecular complexity index is 728. The van der Waals surface area contributed by atoms with Gasteiger partial charge in [-0.3, -0.25) is 4.79 Å². The molecule has 1 heterocycles. The summed E-state index contributed by atoms with van der Waals surface area (Å²) in [5.41, 5.74) is 2.15. The number of carbonyl (C=O) groups is 2. The van der Waals surface area contributed by atoms with Crippen molar-refractivity contribution in [2.24, 2.45) is 5.92 Å². The quantitative estimate of drug-likeness (QED) is 0.435. The van der Waals surface area contributed by atoms with Gasteiger partial charge in [-0.15, -0.1) is 0 Å². The van der Waals surface area contributed by atoms with E-state index in [-0.39, 0.29) is 30.9 Å². The fourth-order valence-electron chi connectivity index (χ4n) is 3.21. The molecule has 2 atom stereocenters. The number of nitrogens with zero attached hydrogens (tertiary/aromatic N) is 1. The van der Waals surface area contributed by atoms with Gasteiger partial charge in [-0.25, -0.2) is 9.69 Å². The molecule has 1 N–H and O–H groups in total. The number of ether oxygens (including phenoxy) is 3. The highest BCUT2D eigenvalue weighted by Gasteiger charge is 2.39. The molecular weight excluding hydrogens is 386 g/mol. The summed E-state index contributed by atoms with van der Waals surface area (Å²) in [7, 11) is 1.63. The van der Waals surface area contributed by atoms with Crippen molar-refractivity contribution in [3.63, 3.8) is 0 Å².